The highest BCUT2D eigenvalue weighted by atomic mass is 32.1. The van der Waals surface area contributed by atoms with Gasteiger partial charge in [0.25, 0.3) is 0 Å². The number of carbonyl (C=O) groups is 1. The van der Waals surface area contributed by atoms with Crippen LogP contribution in [0.3, 0.4) is 0 Å². The quantitative estimate of drug-likeness (QED) is 0.802. The standard InChI is InChI=1S/C15H13N3O2S/c1-10-4-6-11(7-5-10)14-17-18-15(20-14)16-13(19)9-12-3-2-8-21-12/h2-8H,9H2,1H3,(H,16,18,19). The van der Waals surface area contributed by atoms with Crippen molar-refractivity contribution in [3.05, 3.63) is 52.2 Å². The fourth-order valence-electron chi connectivity index (χ4n) is 1.82. The summed E-state index contributed by atoms with van der Waals surface area (Å²) >= 11 is 1.54. The molecule has 0 atom stereocenters. The number of anilines is 1. The minimum atomic E-state index is -0.170. The van der Waals surface area contributed by atoms with Crippen molar-refractivity contribution in [3.63, 3.8) is 0 Å². The first-order chi connectivity index (χ1) is 10.2. The summed E-state index contributed by atoms with van der Waals surface area (Å²) in [7, 11) is 0. The highest BCUT2D eigenvalue weighted by molar-refractivity contribution is 7.10. The van der Waals surface area contributed by atoms with E-state index in [1.807, 2.05) is 48.7 Å². The van der Waals surface area contributed by atoms with Gasteiger partial charge in [-0.05, 0) is 30.5 Å². The number of aryl methyl sites for hydroxylation is 1. The number of amides is 1. The van der Waals surface area contributed by atoms with Crippen LogP contribution in [0.1, 0.15) is 10.4 Å². The molecule has 0 fully saturated rings. The lowest BCUT2D eigenvalue weighted by atomic mass is 10.1. The van der Waals surface area contributed by atoms with E-state index in [-0.39, 0.29) is 11.9 Å². The van der Waals surface area contributed by atoms with E-state index >= 15 is 0 Å². The second-order valence-corrected chi connectivity index (χ2v) is 5.61. The summed E-state index contributed by atoms with van der Waals surface area (Å²) in [5.41, 5.74) is 1.98. The molecule has 3 aromatic rings. The Morgan fingerprint density at radius 2 is 2.05 bits per heavy atom. The van der Waals surface area contributed by atoms with Crippen LogP contribution >= 0.6 is 11.3 Å². The number of aromatic nitrogens is 2. The molecule has 3 rings (SSSR count). The average molecular weight is 299 g/mol. The Morgan fingerprint density at radius 3 is 2.76 bits per heavy atom. The fraction of sp³-hybridized carbons (Fsp3) is 0.133. The van der Waals surface area contributed by atoms with Gasteiger partial charge in [-0.2, -0.15) is 0 Å². The number of hydrogen-bond donors (Lipinski definition) is 1. The number of carbonyl (C=O) groups excluding carboxylic acids is 1. The first-order valence-corrected chi connectivity index (χ1v) is 7.31. The van der Waals surface area contributed by atoms with Crippen molar-refractivity contribution in [1.82, 2.24) is 10.2 Å². The van der Waals surface area contributed by atoms with E-state index in [2.05, 4.69) is 15.5 Å². The zero-order valence-corrected chi connectivity index (χ0v) is 12.2. The topological polar surface area (TPSA) is 68.0 Å². The Labute approximate surface area is 125 Å². The second kappa shape index (κ2) is 5.88. The zero-order chi connectivity index (χ0) is 14.7. The molecule has 21 heavy (non-hydrogen) atoms. The molecule has 2 aromatic heterocycles. The molecule has 1 aromatic carbocycles. The highest BCUT2D eigenvalue weighted by Crippen LogP contribution is 2.20. The van der Waals surface area contributed by atoms with E-state index in [4.69, 9.17) is 4.42 Å². The van der Waals surface area contributed by atoms with Crippen LogP contribution in [-0.2, 0) is 11.2 Å². The van der Waals surface area contributed by atoms with Crippen LogP contribution in [0.15, 0.2) is 46.2 Å². The van der Waals surface area contributed by atoms with Gasteiger partial charge in [-0.3, -0.25) is 10.1 Å². The fourth-order valence-corrected chi connectivity index (χ4v) is 2.52. The van der Waals surface area contributed by atoms with Crippen molar-refractivity contribution >= 4 is 23.3 Å². The van der Waals surface area contributed by atoms with Gasteiger partial charge in [0.1, 0.15) is 0 Å². The first kappa shape index (κ1) is 13.5. The molecular formula is C15H13N3O2S. The molecule has 0 aliphatic heterocycles. The van der Waals surface area contributed by atoms with Gasteiger partial charge in [0, 0.05) is 10.4 Å². The van der Waals surface area contributed by atoms with Crippen LogP contribution in [0.5, 0.6) is 0 Å². The van der Waals surface area contributed by atoms with Gasteiger partial charge in [0.2, 0.25) is 11.8 Å². The predicted octanol–water partition coefficient (Wildman–Crippen LogP) is 3.29. The van der Waals surface area contributed by atoms with Crippen molar-refractivity contribution in [3.8, 4) is 11.5 Å². The molecule has 0 radical (unpaired) electrons. The normalized spacial score (nSPS) is 10.5. The van der Waals surface area contributed by atoms with Gasteiger partial charge >= 0.3 is 6.01 Å². The Kier molecular flexibility index (Phi) is 3.79. The number of hydrogen-bond acceptors (Lipinski definition) is 5. The molecule has 0 spiro atoms. The minimum absolute atomic E-state index is 0.118. The largest absolute Gasteiger partial charge is 0.403 e. The lowest BCUT2D eigenvalue weighted by Crippen LogP contribution is -2.13. The number of nitrogens with zero attached hydrogens (tertiary/aromatic N) is 2. The second-order valence-electron chi connectivity index (χ2n) is 4.58. The maximum Gasteiger partial charge on any atom is 0.322 e. The zero-order valence-electron chi connectivity index (χ0n) is 11.4. The third-order valence-electron chi connectivity index (χ3n) is 2.88. The molecule has 106 valence electrons. The van der Waals surface area contributed by atoms with Crippen LogP contribution < -0.4 is 5.32 Å². The van der Waals surface area contributed by atoms with Crippen molar-refractivity contribution in [1.29, 1.82) is 0 Å². The number of thiophene rings is 1. The third-order valence-corrected chi connectivity index (χ3v) is 3.76. The Bertz CT molecular complexity index is 733. The maximum absolute atomic E-state index is 11.8. The molecule has 1 amide bonds. The summed E-state index contributed by atoms with van der Waals surface area (Å²) in [5.74, 6) is 0.220. The van der Waals surface area contributed by atoms with E-state index in [0.29, 0.717) is 12.3 Å². The molecule has 0 unspecified atom stereocenters. The lowest BCUT2D eigenvalue weighted by Gasteiger charge is -1.98. The number of benzene rings is 1. The SMILES string of the molecule is Cc1ccc(-c2nnc(NC(=O)Cc3cccs3)o2)cc1. The van der Waals surface area contributed by atoms with Crippen molar-refractivity contribution in [2.45, 2.75) is 13.3 Å². The van der Waals surface area contributed by atoms with Gasteiger partial charge in [0.15, 0.2) is 0 Å². The number of rotatable bonds is 4. The van der Waals surface area contributed by atoms with E-state index < -0.39 is 0 Å². The maximum atomic E-state index is 11.8. The summed E-state index contributed by atoms with van der Waals surface area (Å²) in [5, 5.41) is 12.3. The van der Waals surface area contributed by atoms with Gasteiger partial charge in [-0.1, -0.05) is 28.9 Å². The van der Waals surface area contributed by atoms with Crippen LogP contribution in [0, 0.1) is 6.92 Å². The van der Waals surface area contributed by atoms with E-state index in [1.165, 1.54) is 11.3 Å². The van der Waals surface area contributed by atoms with Crippen molar-refractivity contribution in [2.75, 3.05) is 5.32 Å². The van der Waals surface area contributed by atoms with Gasteiger partial charge in [0.05, 0.1) is 6.42 Å². The van der Waals surface area contributed by atoms with E-state index in [1.54, 1.807) is 0 Å². The third kappa shape index (κ3) is 3.35. The van der Waals surface area contributed by atoms with Gasteiger partial charge in [-0.25, -0.2) is 0 Å². The highest BCUT2D eigenvalue weighted by Gasteiger charge is 2.12. The molecule has 0 bridgehead atoms. The smallest absolute Gasteiger partial charge is 0.322 e. The Balaban J connectivity index is 1.67. The molecule has 1 N–H and O–H groups in total. The Morgan fingerprint density at radius 1 is 1.24 bits per heavy atom. The van der Waals surface area contributed by atoms with Crippen LogP contribution in [0.2, 0.25) is 0 Å². The average Bonchev–Trinajstić information content (AvgIpc) is 3.11. The lowest BCUT2D eigenvalue weighted by molar-refractivity contribution is -0.115. The summed E-state index contributed by atoms with van der Waals surface area (Å²) in [6, 6.07) is 11.7. The summed E-state index contributed by atoms with van der Waals surface area (Å²) in [6.07, 6.45) is 0.305. The van der Waals surface area contributed by atoms with Crippen LogP contribution in [0.4, 0.5) is 6.01 Å². The summed E-state index contributed by atoms with van der Waals surface area (Å²) in [6.45, 7) is 2.01. The summed E-state index contributed by atoms with van der Waals surface area (Å²) in [4.78, 5) is 12.8. The molecule has 6 heteroatoms. The molecule has 0 aliphatic rings. The molecule has 2 heterocycles. The predicted molar refractivity (Wildman–Crippen MR) is 81.1 cm³/mol. The minimum Gasteiger partial charge on any atom is -0.403 e. The van der Waals surface area contributed by atoms with Gasteiger partial charge in [-0.15, -0.1) is 16.4 Å². The van der Waals surface area contributed by atoms with Gasteiger partial charge < -0.3 is 4.42 Å². The molecule has 5 nitrogen and oxygen atoms in total. The van der Waals surface area contributed by atoms with Crippen LogP contribution in [0.25, 0.3) is 11.5 Å². The molecular weight excluding hydrogens is 286 g/mol. The molecule has 0 saturated carbocycles. The van der Waals surface area contributed by atoms with E-state index in [9.17, 15) is 4.79 Å². The van der Waals surface area contributed by atoms with Crippen molar-refractivity contribution in [2.24, 2.45) is 0 Å². The number of nitrogens with one attached hydrogen (secondary N) is 1. The molecule has 0 saturated heterocycles. The van der Waals surface area contributed by atoms with E-state index in [0.717, 1.165) is 16.0 Å². The summed E-state index contributed by atoms with van der Waals surface area (Å²) < 4.78 is 5.45. The monoisotopic (exact) mass is 299 g/mol. The first-order valence-electron chi connectivity index (χ1n) is 6.43. The molecule has 0 aliphatic carbocycles. The Hall–Kier alpha value is -2.47. The van der Waals surface area contributed by atoms with Crippen molar-refractivity contribution < 1.29 is 9.21 Å². The van der Waals surface area contributed by atoms with Crippen LogP contribution in [-0.4, -0.2) is 16.1 Å².